The zero-order valence-electron chi connectivity index (χ0n) is 9.25. The van der Waals surface area contributed by atoms with E-state index in [1.54, 1.807) is 18.2 Å². The summed E-state index contributed by atoms with van der Waals surface area (Å²) < 4.78 is 18.4. The van der Waals surface area contributed by atoms with Crippen molar-refractivity contribution in [1.82, 2.24) is 4.98 Å². The van der Waals surface area contributed by atoms with Crippen molar-refractivity contribution in [2.45, 2.75) is 6.61 Å². The van der Waals surface area contributed by atoms with E-state index >= 15 is 0 Å². The van der Waals surface area contributed by atoms with Gasteiger partial charge in [0.05, 0.1) is 10.5 Å². The summed E-state index contributed by atoms with van der Waals surface area (Å²) in [5.41, 5.74) is 0.326. The molecule has 18 heavy (non-hydrogen) atoms. The van der Waals surface area contributed by atoms with Crippen LogP contribution >= 0.6 is 0 Å². The second-order valence-corrected chi connectivity index (χ2v) is 3.47. The van der Waals surface area contributed by atoms with Gasteiger partial charge in [0.1, 0.15) is 6.61 Å². The predicted octanol–water partition coefficient (Wildman–Crippen LogP) is 2.71. The standard InChI is InChI=1S/C12H9FN2O3/c13-12-11(6-3-7-14-12)18-8-9-4-1-2-5-10(9)15(16)17/h1-7H,8H2. The minimum atomic E-state index is -0.740. The summed E-state index contributed by atoms with van der Waals surface area (Å²) in [6.45, 7) is -0.0836. The number of nitro groups is 1. The number of pyridine rings is 1. The van der Waals surface area contributed by atoms with Gasteiger partial charge in [0.15, 0.2) is 5.75 Å². The summed E-state index contributed by atoms with van der Waals surface area (Å²) in [7, 11) is 0. The molecule has 0 fully saturated rings. The molecule has 92 valence electrons. The highest BCUT2D eigenvalue weighted by molar-refractivity contribution is 5.39. The molecule has 0 unspecified atom stereocenters. The Kier molecular flexibility index (Phi) is 3.47. The Morgan fingerprint density at radius 1 is 1.28 bits per heavy atom. The van der Waals surface area contributed by atoms with Crippen LogP contribution in [0.5, 0.6) is 5.75 Å². The molecule has 1 aromatic carbocycles. The van der Waals surface area contributed by atoms with Crippen molar-refractivity contribution in [2.75, 3.05) is 0 Å². The van der Waals surface area contributed by atoms with Crippen LogP contribution in [0.2, 0.25) is 0 Å². The molecule has 1 heterocycles. The zero-order chi connectivity index (χ0) is 13.0. The second-order valence-electron chi connectivity index (χ2n) is 3.47. The summed E-state index contributed by atoms with van der Waals surface area (Å²) in [5.74, 6) is -0.772. The summed E-state index contributed by atoms with van der Waals surface area (Å²) in [5, 5.41) is 10.8. The van der Waals surface area contributed by atoms with E-state index in [0.29, 0.717) is 5.56 Å². The number of nitro benzene ring substituents is 1. The number of rotatable bonds is 4. The molecule has 2 aromatic rings. The minimum Gasteiger partial charge on any atom is -0.484 e. The van der Waals surface area contributed by atoms with Gasteiger partial charge in [0, 0.05) is 12.3 Å². The Bertz CT molecular complexity index is 575. The van der Waals surface area contributed by atoms with E-state index in [4.69, 9.17) is 4.74 Å². The van der Waals surface area contributed by atoms with Crippen molar-refractivity contribution in [3.8, 4) is 5.75 Å². The Hall–Kier alpha value is -2.50. The molecule has 2 rings (SSSR count). The molecule has 0 saturated heterocycles. The number of halogens is 1. The lowest BCUT2D eigenvalue weighted by Gasteiger charge is -2.06. The Morgan fingerprint density at radius 2 is 2.06 bits per heavy atom. The quantitative estimate of drug-likeness (QED) is 0.474. The number of aromatic nitrogens is 1. The maximum Gasteiger partial charge on any atom is 0.276 e. The highest BCUT2D eigenvalue weighted by Gasteiger charge is 2.13. The molecule has 0 bridgehead atoms. The van der Waals surface area contributed by atoms with Gasteiger partial charge < -0.3 is 4.74 Å². The van der Waals surface area contributed by atoms with Gasteiger partial charge in [-0.2, -0.15) is 4.39 Å². The van der Waals surface area contributed by atoms with Gasteiger partial charge in [-0.3, -0.25) is 10.1 Å². The molecular weight excluding hydrogens is 239 g/mol. The van der Waals surface area contributed by atoms with Gasteiger partial charge in [-0.05, 0) is 18.2 Å². The molecule has 0 amide bonds. The van der Waals surface area contributed by atoms with Crippen molar-refractivity contribution in [1.29, 1.82) is 0 Å². The van der Waals surface area contributed by atoms with Crippen LogP contribution in [0.15, 0.2) is 42.6 Å². The van der Waals surface area contributed by atoms with Gasteiger partial charge >= 0.3 is 0 Å². The first-order valence-corrected chi connectivity index (χ1v) is 5.14. The lowest BCUT2D eigenvalue weighted by molar-refractivity contribution is -0.385. The predicted molar refractivity (Wildman–Crippen MR) is 61.6 cm³/mol. The van der Waals surface area contributed by atoms with E-state index in [0.717, 1.165) is 0 Å². The summed E-state index contributed by atoms with van der Waals surface area (Å²) in [6.07, 6.45) is 1.30. The third-order valence-corrected chi connectivity index (χ3v) is 2.30. The Balaban J connectivity index is 2.16. The molecule has 0 spiro atoms. The largest absolute Gasteiger partial charge is 0.484 e. The van der Waals surface area contributed by atoms with Crippen LogP contribution in [0, 0.1) is 16.1 Å². The van der Waals surface area contributed by atoms with Gasteiger partial charge in [0.25, 0.3) is 11.6 Å². The molecule has 0 aliphatic heterocycles. The van der Waals surface area contributed by atoms with Gasteiger partial charge in [-0.25, -0.2) is 4.98 Å². The first-order valence-electron chi connectivity index (χ1n) is 5.14. The maximum atomic E-state index is 13.2. The average molecular weight is 248 g/mol. The Morgan fingerprint density at radius 3 is 2.78 bits per heavy atom. The molecule has 5 nitrogen and oxygen atoms in total. The number of para-hydroxylation sites is 1. The van der Waals surface area contributed by atoms with Gasteiger partial charge in [-0.1, -0.05) is 12.1 Å². The number of ether oxygens (including phenoxy) is 1. The molecular formula is C12H9FN2O3. The van der Waals surface area contributed by atoms with Crippen LogP contribution in [0.4, 0.5) is 10.1 Å². The van der Waals surface area contributed by atoms with Crippen LogP contribution in [-0.2, 0) is 6.61 Å². The SMILES string of the molecule is O=[N+]([O-])c1ccccc1COc1cccnc1F. The van der Waals surface area contributed by atoms with Crippen LogP contribution in [-0.4, -0.2) is 9.91 Å². The summed E-state index contributed by atoms with van der Waals surface area (Å²) >= 11 is 0. The molecule has 0 atom stereocenters. The van der Waals surface area contributed by atoms with E-state index in [1.165, 1.54) is 24.4 Å². The second kappa shape index (κ2) is 5.22. The fourth-order valence-electron chi connectivity index (χ4n) is 1.45. The van der Waals surface area contributed by atoms with Gasteiger partial charge in [0.2, 0.25) is 0 Å². The minimum absolute atomic E-state index is 0.0318. The molecule has 0 radical (unpaired) electrons. The van der Waals surface area contributed by atoms with Crippen LogP contribution in [0.25, 0.3) is 0 Å². The van der Waals surface area contributed by atoms with Crippen molar-refractivity contribution in [3.05, 3.63) is 64.2 Å². The van der Waals surface area contributed by atoms with E-state index in [1.807, 2.05) is 0 Å². The highest BCUT2D eigenvalue weighted by atomic mass is 19.1. The lowest BCUT2D eigenvalue weighted by atomic mass is 10.2. The van der Waals surface area contributed by atoms with E-state index in [9.17, 15) is 14.5 Å². The maximum absolute atomic E-state index is 13.2. The Labute approximate surface area is 102 Å². The first-order chi connectivity index (χ1) is 8.68. The smallest absolute Gasteiger partial charge is 0.276 e. The molecule has 0 aliphatic carbocycles. The number of hydrogen-bond acceptors (Lipinski definition) is 4. The molecule has 0 saturated carbocycles. The van der Waals surface area contributed by atoms with Crippen molar-refractivity contribution in [3.63, 3.8) is 0 Å². The molecule has 1 aromatic heterocycles. The fraction of sp³-hybridized carbons (Fsp3) is 0.0833. The number of benzene rings is 1. The first kappa shape index (κ1) is 12.0. The van der Waals surface area contributed by atoms with Crippen molar-refractivity contribution in [2.24, 2.45) is 0 Å². The number of hydrogen-bond donors (Lipinski definition) is 0. The third kappa shape index (κ3) is 2.60. The van der Waals surface area contributed by atoms with Crippen LogP contribution < -0.4 is 4.74 Å². The summed E-state index contributed by atoms with van der Waals surface area (Å²) in [4.78, 5) is 13.7. The molecule has 0 N–H and O–H groups in total. The van der Waals surface area contributed by atoms with Crippen molar-refractivity contribution >= 4 is 5.69 Å². The molecule has 0 aliphatic rings. The van der Waals surface area contributed by atoms with Crippen molar-refractivity contribution < 1.29 is 14.1 Å². The monoisotopic (exact) mass is 248 g/mol. The zero-order valence-corrected chi connectivity index (χ0v) is 9.25. The van der Waals surface area contributed by atoms with E-state index in [2.05, 4.69) is 4.98 Å². The molecule has 6 heteroatoms. The normalized spacial score (nSPS) is 10.1. The average Bonchev–Trinajstić information content (AvgIpc) is 2.38. The van der Waals surface area contributed by atoms with Crippen LogP contribution in [0.3, 0.4) is 0 Å². The van der Waals surface area contributed by atoms with E-state index < -0.39 is 10.9 Å². The third-order valence-electron chi connectivity index (χ3n) is 2.30. The fourth-order valence-corrected chi connectivity index (χ4v) is 1.45. The van der Waals surface area contributed by atoms with E-state index in [-0.39, 0.29) is 18.0 Å². The highest BCUT2D eigenvalue weighted by Crippen LogP contribution is 2.21. The summed E-state index contributed by atoms with van der Waals surface area (Å²) in [6, 6.07) is 9.09. The lowest BCUT2D eigenvalue weighted by Crippen LogP contribution is -2.02. The van der Waals surface area contributed by atoms with Gasteiger partial charge in [-0.15, -0.1) is 0 Å². The topological polar surface area (TPSA) is 65.3 Å². The number of nitrogens with zero attached hydrogens (tertiary/aromatic N) is 2. The van der Waals surface area contributed by atoms with Crippen LogP contribution in [0.1, 0.15) is 5.56 Å².